The van der Waals surface area contributed by atoms with Crippen molar-refractivity contribution >= 4 is 28.2 Å². The molecule has 0 saturated heterocycles. The maximum atomic E-state index is 11.6. The van der Waals surface area contributed by atoms with Crippen molar-refractivity contribution in [2.45, 2.75) is 13.8 Å². The largest absolute Gasteiger partial charge is 0.344 e. The van der Waals surface area contributed by atoms with Gasteiger partial charge < -0.3 is 10.2 Å². The Hall–Kier alpha value is -0.330. The molecule has 0 heterocycles. The number of carbonyl (C=O) groups excluding carboxylic acids is 1. The van der Waals surface area contributed by atoms with E-state index in [4.69, 9.17) is 0 Å². The average Bonchev–Trinajstić information content (AvgIpc) is 2.10. The molecule has 5 nitrogen and oxygen atoms in total. The van der Waals surface area contributed by atoms with Gasteiger partial charge in [0.2, 0.25) is 5.91 Å². The van der Waals surface area contributed by atoms with E-state index in [2.05, 4.69) is 5.32 Å². The third-order valence-corrected chi connectivity index (χ3v) is 3.91. The number of nitrogens with one attached hydrogen (secondary N) is 1. The monoisotopic (exact) mass is 286 g/mol. The third kappa shape index (κ3) is 9.38. The highest BCUT2D eigenvalue weighted by Gasteiger charge is 2.20. The number of halogens is 1. The molecular weight excluding hydrogens is 264 g/mol. The van der Waals surface area contributed by atoms with E-state index in [1.54, 1.807) is 14.1 Å². The van der Waals surface area contributed by atoms with Gasteiger partial charge in [0, 0.05) is 20.1 Å². The van der Waals surface area contributed by atoms with Crippen LogP contribution in [0.1, 0.15) is 13.8 Å². The Labute approximate surface area is 110 Å². The van der Waals surface area contributed by atoms with Gasteiger partial charge in [0.25, 0.3) is 0 Å². The van der Waals surface area contributed by atoms with Crippen molar-refractivity contribution in [3.05, 3.63) is 0 Å². The minimum absolute atomic E-state index is 0. The molecule has 0 fully saturated rings. The number of nitrogens with zero attached hydrogens (tertiary/aromatic N) is 1. The van der Waals surface area contributed by atoms with E-state index >= 15 is 0 Å². The molecule has 0 saturated carbocycles. The minimum Gasteiger partial charge on any atom is -0.344 e. The molecule has 1 N–H and O–H groups in total. The van der Waals surface area contributed by atoms with E-state index in [9.17, 15) is 13.2 Å². The summed E-state index contributed by atoms with van der Waals surface area (Å²) in [7, 11) is 0.139. The number of amides is 1. The lowest BCUT2D eigenvalue weighted by molar-refractivity contribution is -0.127. The van der Waals surface area contributed by atoms with Gasteiger partial charge in [-0.1, -0.05) is 13.8 Å². The lowest BCUT2D eigenvalue weighted by atomic mass is 10.3. The van der Waals surface area contributed by atoms with Gasteiger partial charge in [0.05, 0.1) is 5.75 Å². The van der Waals surface area contributed by atoms with Gasteiger partial charge in [-0.15, -0.1) is 12.4 Å². The van der Waals surface area contributed by atoms with Crippen LogP contribution >= 0.6 is 12.4 Å². The molecule has 0 aliphatic heterocycles. The molecule has 0 aromatic rings. The van der Waals surface area contributed by atoms with E-state index in [-0.39, 0.29) is 35.7 Å². The summed E-state index contributed by atoms with van der Waals surface area (Å²) < 4.78 is 23.1. The number of likely N-dealkylation sites (N-methyl/N-ethyl adjacent to an activating group) is 2. The number of hydrogen-bond donors (Lipinski definition) is 1. The molecule has 0 aromatic heterocycles. The second-order valence-electron chi connectivity index (χ2n) is 4.37. The Kier molecular flexibility index (Phi) is 9.75. The highest BCUT2D eigenvalue weighted by atomic mass is 35.5. The van der Waals surface area contributed by atoms with Gasteiger partial charge in [-0.25, -0.2) is 8.42 Å². The Bertz CT molecular complexity index is 318. The number of hydrogen-bond acceptors (Lipinski definition) is 4. The van der Waals surface area contributed by atoms with Crippen LogP contribution < -0.4 is 5.32 Å². The Morgan fingerprint density at radius 1 is 1.35 bits per heavy atom. The van der Waals surface area contributed by atoms with Crippen molar-refractivity contribution in [3.8, 4) is 0 Å². The zero-order valence-electron chi connectivity index (χ0n) is 10.9. The van der Waals surface area contributed by atoms with Crippen LogP contribution in [0.15, 0.2) is 0 Å². The fourth-order valence-corrected chi connectivity index (χ4v) is 3.00. The lowest BCUT2D eigenvalue weighted by Gasteiger charge is -2.17. The number of rotatable bonds is 7. The Morgan fingerprint density at radius 3 is 2.29 bits per heavy atom. The van der Waals surface area contributed by atoms with Crippen LogP contribution in [0, 0.1) is 5.92 Å². The highest BCUT2D eigenvalue weighted by Crippen LogP contribution is 2.01. The summed E-state index contributed by atoms with van der Waals surface area (Å²) in [5.74, 6) is -0.597. The Balaban J connectivity index is 0. The van der Waals surface area contributed by atoms with Gasteiger partial charge in [-0.05, 0) is 13.0 Å². The molecule has 0 spiro atoms. The quantitative estimate of drug-likeness (QED) is 0.724. The molecule has 0 bridgehead atoms. The smallest absolute Gasteiger partial charge is 0.237 e. The summed E-state index contributed by atoms with van der Waals surface area (Å²) in [6, 6.07) is 0. The molecular formula is C10H23ClN2O3S. The van der Waals surface area contributed by atoms with Crippen LogP contribution in [0.25, 0.3) is 0 Å². The molecule has 1 amide bonds. The van der Waals surface area contributed by atoms with E-state index in [1.807, 2.05) is 13.8 Å². The zero-order valence-corrected chi connectivity index (χ0v) is 12.5. The predicted octanol–water partition coefficient (Wildman–Crippen LogP) is 0.157. The molecule has 104 valence electrons. The van der Waals surface area contributed by atoms with E-state index in [1.165, 1.54) is 4.90 Å². The summed E-state index contributed by atoms with van der Waals surface area (Å²) in [6.07, 6.45) is 0. The first-order chi connectivity index (χ1) is 7.28. The molecule has 0 aromatic carbocycles. The molecule has 0 radical (unpaired) electrons. The van der Waals surface area contributed by atoms with E-state index < -0.39 is 9.84 Å². The third-order valence-electron chi connectivity index (χ3n) is 2.05. The summed E-state index contributed by atoms with van der Waals surface area (Å²) in [4.78, 5) is 13.0. The van der Waals surface area contributed by atoms with Crippen molar-refractivity contribution in [1.82, 2.24) is 10.2 Å². The van der Waals surface area contributed by atoms with Gasteiger partial charge in [-0.3, -0.25) is 4.79 Å². The minimum atomic E-state index is -3.26. The normalized spacial score (nSPS) is 11.1. The fraction of sp³-hybridized carbons (Fsp3) is 0.900. The van der Waals surface area contributed by atoms with Crippen LogP contribution in [-0.2, 0) is 14.6 Å². The molecule has 17 heavy (non-hydrogen) atoms. The second kappa shape index (κ2) is 8.72. The number of sulfone groups is 1. The summed E-state index contributed by atoms with van der Waals surface area (Å²) >= 11 is 0. The van der Waals surface area contributed by atoms with Crippen molar-refractivity contribution < 1.29 is 13.2 Å². The van der Waals surface area contributed by atoms with Crippen molar-refractivity contribution in [1.29, 1.82) is 0 Å². The van der Waals surface area contributed by atoms with Crippen molar-refractivity contribution in [2.24, 2.45) is 5.92 Å². The van der Waals surface area contributed by atoms with Gasteiger partial charge >= 0.3 is 0 Å². The summed E-state index contributed by atoms with van der Waals surface area (Å²) in [5, 5.41) is 2.91. The standard InChI is InChI=1S/C10H22N2O3S.ClH/c1-9(2)7-16(14,15)8-10(13)12(4)6-5-11-3;/h9,11H,5-8H2,1-4H3;1H. The number of carbonyl (C=O) groups is 1. The summed E-state index contributed by atoms with van der Waals surface area (Å²) in [6.45, 7) is 4.83. The van der Waals surface area contributed by atoms with Gasteiger partial charge in [0.15, 0.2) is 9.84 Å². The molecule has 0 atom stereocenters. The molecule has 0 unspecified atom stereocenters. The maximum Gasteiger partial charge on any atom is 0.237 e. The lowest BCUT2D eigenvalue weighted by Crippen LogP contribution is -2.37. The summed E-state index contributed by atoms with van der Waals surface area (Å²) in [5.41, 5.74) is 0. The predicted molar refractivity (Wildman–Crippen MR) is 72.3 cm³/mol. The van der Waals surface area contributed by atoms with Crippen LogP contribution in [0.5, 0.6) is 0 Å². The highest BCUT2D eigenvalue weighted by molar-refractivity contribution is 7.92. The van der Waals surface area contributed by atoms with Gasteiger partial charge in [0.1, 0.15) is 5.75 Å². The van der Waals surface area contributed by atoms with Crippen LogP contribution in [-0.4, -0.2) is 57.9 Å². The van der Waals surface area contributed by atoms with Crippen molar-refractivity contribution in [3.63, 3.8) is 0 Å². The van der Waals surface area contributed by atoms with Gasteiger partial charge in [-0.2, -0.15) is 0 Å². The topological polar surface area (TPSA) is 66.5 Å². The van der Waals surface area contributed by atoms with Crippen LogP contribution in [0.3, 0.4) is 0 Å². The first-order valence-corrected chi connectivity index (χ1v) is 7.19. The van der Waals surface area contributed by atoms with Crippen molar-refractivity contribution in [2.75, 3.05) is 38.7 Å². The average molecular weight is 287 g/mol. The van der Waals surface area contributed by atoms with Crippen LogP contribution in [0.2, 0.25) is 0 Å². The Morgan fingerprint density at radius 2 is 1.88 bits per heavy atom. The fourth-order valence-electron chi connectivity index (χ4n) is 1.27. The first-order valence-electron chi connectivity index (χ1n) is 5.37. The molecule has 0 aliphatic rings. The second-order valence-corrected chi connectivity index (χ2v) is 6.48. The van der Waals surface area contributed by atoms with Crippen LogP contribution in [0.4, 0.5) is 0 Å². The zero-order chi connectivity index (χ0) is 12.8. The first kappa shape index (κ1) is 19.0. The van der Waals surface area contributed by atoms with E-state index in [0.717, 1.165) is 0 Å². The maximum absolute atomic E-state index is 11.6. The molecule has 7 heteroatoms. The van der Waals surface area contributed by atoms with E-state index in [0.29, 0.717) is 13.1 Å². The molecule has 0 aliphatic carbocycles. The SMILES string of the molecule is CNCCN(C)C(=O)CS(=O)(=O)CC(C)C.Cl. The molecule has 0 rings (SSSR count).